The van der Waals surface area contributed by atoms with Crippen molar-refractivity contribution in [3.8, 4) is 28.5 Å². The Morgan fingerprint density at radius 3 is 2.62 bits per heavy atom. The zero-order valence-electron chi connectivity index (χ0n) is 18.0. The number of carboxylic acid groups (broad SMARTS) is 1. The second kappa shape index (κ2) is 9.44. The highest BCUT2D eigenvalue weighted by molar-refractivity contribution is 5.87. The van der Waals surface area contributed by atoms with Crippen LogP contribution in [0.2, 0.25) is 0 Å². The van der Waals surface area contributed by atoms with E-state index in [9.17, 15) is 10.1 Å². The van der Waals surface area contributed by atoms with Gasteiger partial charge in [0.25, 0.3) is 0 Å². The summed E-state index contributed by atoms with van der Waals surface area (Å²) in [6, 6.07) is 18.2. The number of pyridine rings is 1. The molecule has 0 aliphatic heterocycles. The smallest absolute Gasteiger partial charge is 0.303 e. The van der Waals surface area contributed by atoms with Crippen LogP contribution in [-0.4, -0.2) is 25.7 Å². The quantitative estimate of drug-likeness (QED) is 0.388. The Morgan fingerprint density at radius 2 is 1.91 bits per heavy atom. The van der Waals surface area contributed by atoms with Gasteiger partial charge in [-0.25, -0.2) is 4.52 Å². The van der Waals surface area contributed by atoms with Crippen LogP contribution < -0.4 is 0 Å². The maximum absolute atomic E-state index is 11.0. The lowest BCUT2D eigenvalue weighted by atomic mass is 9.92. The van der Waals surface area contributed by atoms with Gasteiger partial charge >= 0.3 is 5.97 Å². The molecule has 3 aromatic heterocycles. The van der Waals surface area contributed by atoms with Crippen LogP contribution >= 0.6 is 0 Å². The molecule has 1 aromatic carbocycles. The van der Waals surface area contributed by atoms with E-state index in [0.29, 0.717) is 18.4 Å². The number of aliphatic carboxylic acids is 1. The van der Waals surface area contributed by atoms with Crippen LogP contribution in [-0.2, 0) is 17.6 Å². The van der Waals surface area contributed by atoms with Crippen LogP contribution in [0.25, 0.3) is 27.9 Å². The molecule has 0 amide bonds. The van der Waals surface area contributed by atoms with E-state index in [4.69, 9.17) is 10.2 Å². The third-order valence-corrected chi connectivity index (χ3v) is 5.61. The lowest BCUT2D eigenvalue weighted by Crippen LogP contribution is -2.07. The molecule has 0 saturated carbocycles. The average molecular weight is 425 g/mol. The molecule has 3 heterocycles. The maximum atomic E-state index is 11.0. The number of rotatable bonds is 8. The molecule has 0 aliphatic rings. The Labute approximate surface area is 186 Å². The predicted molar refractivity (Wildman–Crippen MR) is 123 cm³/mol. The van der Waals surface area contributed by atoms with Crippen molar-refractivity contribution in [3.63, 3.8) is 0 Å². The molecule has 0 fully saturated rings. The normalized spacial score (nSPS) is 10.9. The van der Waals surface area contributed by atoms with Crippen LogP contribution in [0.1, 0.15) is 43.0 Å². The zero-order valence-corrected chi connectivity index (χ0v) is 18.0. The van der Waals surface area contributed by atoms with Crippen molar-refractivity contribution in [2.24, 2.45) is 0 Å². The van der Waals surface area contributed by atoms with Crippen molar-refractivity contribution >= 4 is 11.5 Å². The van der Waals surface area contributed by atoms with Crippen molar-refractivity contribution in [2.75, 3.05) is 0 Å². The standard InChI is InChI=1S/C26H24N4O2/c1-2-21-12-13-23-25(20-14-18(15-27)16-28-17-20)22(10-6-7-11-24(31)32)26(29-30(21)23)19-8-4-3-5-9-19/h3-5,8-9,12-14,16-17H,2,6-7,10-11H2,1H3,(H,31,32). The minimum atomic E-state index is -0.785. The van der Waals surface area contributed by atoms with E-state index in [1.807, 2.05) is 40.9 Å². The first kappa shape index (κ1) is 21.3. The van der Waals surface area contributed by atoms with Gasteiger partial charge in [-0.2, -0.15) is 10.4 Å². The van der Waals surface area contributed by atoms with Crippen molar-refractivity contribution in [3.05, 3.63) is 77.7 Å². The third kappa shape index (κ3) is 4.23. The molecule has 0 aliphatic carbocycles. The SMILES string of the molecule is CCc1ccc2c(-c3cncc(C#N)c3)c(CCCCC(=O)O)c(-c3ccccc3)nn12. The number of carboxylic acids is 1. The summed E-state index contributed by atoms with van der Waals surface area (Å²) in [6.07, 6.45) is 6.31. The maximum Gasteiger partial charge on any atom is 0.303 e. The lowest BCUT2D eigenvalue weighted by Gasteiger charge is -2.18. The Morgan fingerprint density at radius 1 is 1.09 bits per heavy atom. The number of hydrogen-bond donors (Lipinski definition) is 1. The van der Waals surface area contributed by atoms with E-state index in [-0.39, 0.29) is 6.42 Å². The topological polar surface area (TPSA) is 91.3 Å². The van der Waals surface area contributed by atoms with Crippen molar-refractivity contribution < 1.29 is 9.90 Å². The number of nitrogens with zero attached hydrogens (tertiary/aromatic N) is 4. The highest BCUT2D eigenvalue weighted by atomic mass is 16.4. The molecule has 0 unspecified atom stereocenters. The summed E-state index contributed by atoms with van der Waals surface area (Å²) in [4.78, 5) is 15.3. The number of carbonyl (C=O) groups is 1. The Hall–Kier alpha value is -3.98. The third-order valence-electron chi connectivity index (χ3n) is 5.61. The minimum Gasteiger partial charge on any atom is -0.481 e. The molecule has 6 heteroatoms. The van der Waals surface area contributed by atoms with E-state index in [1.54, 1.807) is 12.4 Å². The summed E-state index contributed by atoms with van der Waals surface area (Å²) < 4.78 is 1.98. The molecule has 6 nitrogen and oxygen atoms in total. The van der Waals surface area contributed by atoms with E-state index >= 15 is 0 Å². The van der Waals surface area contributed by atoms with Crippen LogP contribution in [0, 0.1) is 11.3 Å². The molecule has 0 bridgehead atoms. The summed E-state index contributed by atoms with van der Waals surface area (Å²) in [5.41, 5.74) is 7.35. The molecule has 0 radical (unpaired) electrons. The first-order valence-electron chi connectivity index (χ1n) is 10.8. The number of nitriles is 1. The predicted octanol–water partition coefficient (Wildman–Crippen LogP) is 5.29. The molecule has 1 N–H and O–H groups in total. The summed E-state index contributed by atoms with van der Waals surface area (Å²) in [6.45, 7) is 2.10. The number of benzene rings is 1. The van der Waals surface area contributed by atoms with E-state index in [0.717, 1.165) is 52.0 Å². The van der Waals surface area contributed by atoms with Crippen LogP contribution in [0.15, 0.2) is 60.9 Å². The molecule has 4 rings (SSSR count). The molecule has 0 atom stereocenters. The number of fused-ring (bicyclic) bond motifs is 1. The summed E-state index contributed by atoms with van der Waals surface area (Å²) >= 11 is 0. The number of aromatic nitrogens is 3. The number of hydrogen-bond acceptors (Lipinski definition) is 4. The largest absolute Gasteiger partial charge is 0.481 e. The van der Waals surface area contributed by atoms with Gasteiger partial charge in [-0.3, -0.25) is 9.78 Å². The van der Waals surface area contributed by atoms with E-state index < -0.39 is 5.97 Å². The molecule has 0 spiro atoms. The fourth-order valence-corrected chi connectivity index (χ4v) is 4.09. The van der Waals surface area contributed by atoms with E-state index in [2.05, 4.69) is 30.1 Å². The Kier molecular flexibility index (Phi) is 6.27. The first-order valence-corrected chi connectivity index (χ1v) is 10.8. The summed E-state index contributed by atoms with van der Waals surface area (Å²) in [7, 11) is 0. The first-order chi connectivity index (χ1) is 15.6. The van der Waals surface area contributed by atoms with Gasteiger partial charge in [0.05, 0.1) is 16.8 Å². The Bertz CT molecular complexity index is 1300. The van der Waals surface area contributed by atoms with Gasteiger partial charge in [-0.05, 0) is 49.4 Å². The molecule has 160 valence electrons. The van der Waals surface area contributed by atoms with Gasteiger partial charge < -0.3 is 5.11 Å². The fourth-order valence-electron chi connectivity index (χ4n) is 4.09. The number of unbranched alkanes of at least 4 members (excludes halogenated alkanes) is 1. The van der Waals surface area contributed by atoms with Gasteiger partial charge in [0.2, 0.25) is 0 Å². The average Bonchev–Trinajstić information content (AvgIpc) is 3.24. The summed E-state index contributed by atoms with van der Waals surface area (Å²) in [5.74, 6) is -0.785. The second-order valence-electron chi connectivity index (χ2n) is 7.72. The van der Waals surface area contributed by atoms with Crippen molar-refractivity contribution in [2.45, 2.75) is 39.0 Å². The zero-order chi connectivity index (χ0) is 22.5. The minimum absolute atomic E-state index is 0.141. The molecule has 0 saturated heterocycles. The van der Waals surface area contributed by atoms with Crippen LogP contribution in [0.3, 0.4) is 0 Å². The summed E-state index contributed by atoms with van der Waals surface area (Å²) in [5, 5.41) is 23.5. The highest BCUT2D eigenvalue weighted by Crippen LogP contribution is 2.36. The van der Waals surface area contributed by atoms with Gasteiger partial charge in [0, 0.05) is 41.2 Å². The molecular weight excluding hydrogens is 400 g/mol. The van der Waals surface area contributed by atoms with Gasteiger partial charge in [0.1, 0.15) is 6.07 Å². The van der Waals surface area contributed by atoms with Crippen molar-refractivity contribution in [1.29, 1.82) is 5.26 Å². The van der Waals surface area contributed by atoms with Crippen LogP contribution in [0.4, 0.5) is 0 Å². The lowest BCUT2D eigenvalue weighted by molar-refractivity contribution is -0.137. The highest BCUT2D eigenvalue weighted by Gasteiger charge is 2.20. The monoisotopic (exact) mass is 424 g/mol. The van der Waals surface area contributed by atoms with Crippen LogP contribution in [0.5, 0.6) is 0 Å². The molecule has 32 heavy (non-hydrogen) atoms. The Balaban J connectivity index is 1.98. The second-order valence-corrected chi connectivity index (χ2v) is 7.72. The van der Waals surface area contributed by atoms with Crippen molar-refractivity contribution in [1.82, 2.24) is 14.6 Å². The molecular formula is C26H24N4O2. The number of aryl methyl sites for hydroxylation is 1. The van der Waals surface area contributed by atoms with Gasteiger partial charge in [0.15, 0.2) is 0 Å². The van der Waals surface area contributed by atoms with Gasteiger partial charge in [-0.15, -0.1) is 0 Å². The van der Waals surface area contributed by atoms with Gasteiger partial charge in [-0.1, -0.05) is 37.3 Å². The molecule has 4 aromatic rings. The van der Waals surface area contributed by atoms with E-state index in [1.165, 1.54) is 0 Å². The fraction of sp³-hybridized carbons (Fsp3) is 0.231.